The number of methoxy groups -OCH3 is 1. The molecule has 134 valence electrons. The van der Waals surface area contributed by atoms with Crippen molar-refractivity contribution in [3.8, 4) is 0 Å². The fraction of sp³-hybridized carbons (Fsp3) is 0.400. The lowest BCUT2D eigenvalue weighted by Crippen LogP contribution is -2.37. The van der Waals surface area contributed by atoms with Crippen LogP contribution in [-0.2, 0) is 32.2 Å². The molecule has 1 heterocycles. The van der Waals surface area contributed by atoms with E-state index >= 15 is 0 Å². The molecule has 5 nitrogen and oxygen atoms in total. The minimum absolute atomic E-state index is 0.325. The summed E-state index contributed by atoms with van der Waals surface area (Å²) in [5, 5.41) is 10.4. The van der Waals surface area contributed by atoms with Crippen LogP contribution in [0.15, 0.2) is 60.7 Å². The Hall–Kier alpha value is -1.76. The topological polar surface area (TPSA) is 57.2 Å². The van der Waals surface area contributed by atoms with E-state index in [0.29, 0.717) is 19.8 Å². The molecule has 0 bridgehead atoms. The van der Waals surface area contributed by atoms with Gasteiger partial charge in [0.1, 0.15) is 18.3 Å². The molecule has 1 N–H and O–H groups in total. The number of aliphatic hydroxyl groups excluding tert-OH is 1. The average Bonchev–Trinajstić information content (AvgIpc) is 2.97. The lowest BCUT2D eigenvalue weighted by Gasteiger charge is -2.20. The van der Waals surface area contributed by atoms with E-state index in [4.69, 9.17) is 18.9 Å². The first kappa shape index (κ1) is 18.0. The van der Waals surface area contributed by atoms with Gasteiger partial charge < -0.3 is 24.1 Å². The largest absolute Gasteiger partial charge is 0.385 e. The van der Waals surface area contributed by atoms with Crippen LogP contribution in [-0.4, -0.2) is 43.4 Å². The van der Waals surface area contributed by atoms with Crippen molar-refractivity contribution in [2.75, 3.05) is 13.7 Å². The Labute approximate surface area is 148 Å². The first-order valence-electron chi connectivity index (χ1n) is 8.41. The summed E-state index contributed by atoms with van der Waals surface area (Å²) >= 11 is 0. The number of hydrogen-bond acceptors (Lipinski definition) is 5. The first-order chi connectivity index (χ1) is 12.3. The Bertz CT molecular complexity index is 618. The van der Waals surface area contributed by atoms with E-state index in [9.17, 15) is 5.11 Å². The van der Waals surface area contributed by atoms with Crippen LogP contribution in [0.3, 0.4) is 0 Å². The lowest BCUT2D eigenvalue weighted by molar-refractivity contribution is -0.156. The molecule has 5 heteroatoms. The highest BCUT2D eigenvalue weighted by Gasteiger charge is 2.44. The van der Waals surface area contributed by atoms with Crippen LogP contribution in [0.1, 0.15) is 11.1 Å². The van der Waals surface area contributed by atoms with Crippen molar-refractivity contribution in [3.63, 3.8) is 0 Å². The smallest absolute Gasteiger partial charge is 0.186 e. The second-order valence-corrected chi connectivity index (χ2v) is 6.03. The van der Waals surface area contributed by atoms with Crippen molar-refractivity contribution in [3.05, 3.63) is 71.8 Å². The molecule has 0 spiro atoms. The van der Waals surface area contributed by atoms with Gasteiger partial charge in [-0.15, -0.1) is 0 Å². The zero-order valence-electron chi connectivity index (χ0n) is 14.3. The monoisotopic (exact) mass is 344 g/mol. The molecule has 2 aromatic carbocycles. The van der Waals surface area contributed by atoms with Gasteiger partial charge in [0.25, 0.3) is 0 Å². The number of aliphatic hydroxyl groups is 1. The standard InChI is InChI=1S/C20H24O5/c1-22-20-18(21)19(24-13-16-10-6-3-7-11-16)17(25-20)14-23-12-15-8-4-2-5-9-15/h2-11,17-21H,12-14H2,1H3/t17-,18?,19-,20+/m1/s1. The van der Waals surface area contributed by atoms with Gasteiger partial charge in [0.05, 0.1) is 19.8 Å². The molecule has 25 heavy (non-hydrogen) atoms. The minimum atomic E-state index is -0.848. The van der Waals surface area contributed by atoms with E-state index in [1.54, 1.807) is 0 Å². The predicted molar refractivity (Wildman–Crippen MR) is 92.8 cm³/mol. The Morgan fingerprint density at radius 1 is 0.920 bits per heavy atom. The highest BCUT2D eigenvalue weighted by Crippen LogP contribution is 2.26. The summed E-state index contributed by atoms with van der Waals surface area (Å²) in [5.74, 6) is 0. The van der Waals surface area contributed by atoms with Crippen LogP contribution in [0.4, 0.5) is 0 Å². The number of hydrogen-bond donors (Lipinski definition) is 1. The molecular weight excluding hydrogens is 320 g/mol. The summed E-state index contributed by atoms with van der Waals surface area (Å²) in [6.07, 6.45) is -2.43. The van der Waals surface area contributed by atoms with Crippen molar-refractivity contribution < 1.29 is 24.1 Å². The highest BCUT2D eigenvalue weighted by molar-refractivity contribution is 5.14. The number of benzene rings is 2. The van der Waals surface area contributed by atoms with Crippen molar-refractivity contribution in [1.29, 1.82) is 0 Å². The zero-order valence-corrected chi connectivity index (χ0v) is 14.3. The van der Waals surface area contributed by atoms with Gasteiger partial charge in [-0.1, -0.05) is 60.7 Å². The summed E-state index contributed by atoms with van der Waals surface area (Å²) in [5.41, 5.74) is 2.13. The summed E-state index contributed by atoms with van der Waals surface area (Å²) < 4.78 is 22.6. The quantitative estimate of drug-likeness (QED) is 0.797. The lowest BCUT2D eigenvalue weighted by atomic mass is 10.1. The summed E-state index contributed by atoms with van der Waals surface area (Å²) in [4.78, 5) is 0. The summed E-state index contributed by atoms with van der Waals surface area (Å²) in [7, 11) is 1.51. The highest BCUT2D eigenvalue weighted by atomic mass is 16.7. The maximum Gasteiger partial charge on any atom is 0.186 e. The van der Waals surface area contributed by atoms with E-state index in [1.807, 2.05) is 60.7 Å². The van der Waals surface area contributed by atoms with Gasteiger partial charge in [-0.3, -0.25) is 0 Å². The van der Waals surface area contributed by atoms with E-state index in [2.05, 4.69) is 0 Å². The Morgan fingerprint density at radius 2 is 1.52 bits per heavy atom. The van der Waals surface area contributed by atoms with E-state index < -0.39 is 18.5 Å². The van der Waals surface area contributed by atoms with Gasteiger partial charge in [0.2, 0.25) is 0 Å². The second kappa shape index (κ2) is 9.08. The van der Waals surface area contributed by atoms with Crippen LogP contribution in [0.5, 0.6) is 0 Å². The molecular formula is C20H24O5. The molecule has 0 radical (unpaired) electrons. The SMILES string of the molecule is CO[C@H]1O[C@H](COCc2ccccc2)[C@@H](OCc2ccccc2)C1O. The summed E-state index contributed by atoms with van der Waals surface area (Å²) in [6.45, 7) is 1.21. The average molecular weight is 344 g/mol. The third-order valence-corrected chi connectivity index (χ3v) is 4.20. The van der Waals surface area contributed by atoms with Crippen LogP contribution in [0.2, 0.25) is 0 Å². The molecule has 1 fully saturated rings. The van der Waals surface area contributed by atoms with Crippen LogP contribution < -0.4 is 0 Å². The molecule has 0 aliphatic carbocycles. The predicted octanol–water partition coefficient (Wildman–Crippen LogP) is 2.52. The van der Waals surface area contributed by atoms with Gasteiger partial charge in [-0.25, -0.2) is 0 Å². The molecule has 0 saturated carbocycles. The minimum Gasteiger partial charge on any atom is -0.385 e. The third-order valence-electron chi connectivity index (χ3n) is 4.20. The molecule has 4 atom stereocenters. The molecule has 1 unspecified atom stereocenters. The molecule has 1 aliphatic heterocycles. The maximum absolute atomic E-state index is 10.4. The molecule has 1 aliphatic rings. The Morgan fingerprint density at radius 3 is 2.12 bits per heavy atom. The molecule has 1 saturated heterocycles. The Kier molecular flexibility index (Phi) is 6.55. The van der Waals surface area contributed by atoms with Gasteiger partial charge >= 0.3 is 0 Å². The fourth-order valence-electron chi connectivity index (χ4n) is 2.87. The van der Waals surface area contributed by atoms with Gasteiger partial charge in [0, 0.05) is 7.11 Å². The first-order valence-corrected chi connectivity index (χ1v) is 8.41. The second-order valence-electron chi connectivity index (χ2n) is 6.03. The van der Waals surface area contributed by atoms with E-state index in [-0.39, 0.29) is 6.10 Å². The maximum atomic E-state index is 10.4. The molecule has 0 amide bonds. The molecule has 2 aromatic rings. The van der Waals surface area contributed by atoms with Crippen molar-refractivity contribution in [2.24, 2.45) is 0 Å². The fourth-order valence-corrected chi connectivity index (χ4v) is 2.87. The van der Waals surface area contributed by atoms with Gasteiger partial charge in [-0.2, -0.15) is 0 Å². The van der Waals surface area contributed by atoms with E-state index in [1.165, 1.54) is 7.11 Å². The molecule has 3 rings (SSSR count). The van der Waals surface area contributed by atoms with Crippen LogP contribution in [0, 0.1) is 0 Å². The van der Waals surface area contributed by atoms with Gasteiger partial charge in [0.15, 0.2) is 6.29 Å². The molecule has 0 aromatic heterocycles. The Balaban J connectivity index is 1.55. The zero-order chi connectivity index (χ0) is 17.5. The van der Waals surface area contributed by atoms with Crippen molar-refractivity contribution >= 4 is 0 Å². The van der Waals surface area contributed by atoms with Crippen molar-refractivity contribution in [2.45, 2.75) is 37.8 Å². The normalized spacial score (nSPS) is 26.0. The number of ether oxygens (including phenoxy) is 4. The third kappa shape index (κ3) is 4.87. The van der Waals surface area contributed by atoms with Crippen LogP contribution in [0.25, 0.3) is 0 Å². The number of rotatable bonds is 8. The van der Waals surface area contributed by atoms with Crippen LogP contribution >= 0.6 is 0 Å². The summed E-state index contributed by atoms with van der Waals surface area (Å²) in [6, 6.07) is 19.8. The van der Waals surface area contributed by atoms with Crippen molar-refractivity contribution in [1.82, 2.24) is 0 Å². The van der Waals surface area contributed by atoms with E-state index in [0.717, 1.165) is 11.1 Å². The van der Waals surface area contributed by atoms with Gasteiger partial charge in [-0.05, 0) is 11.1 Å².